The molecule has 14 heteroatoms. The third-order valence-corrected chi connectivity index (χ3v) is 3.65. The fraction of sp³-hybridized carbons (Fsp3) is 0.222. The van der Waals surface area contributed by atoms with Gasteiger partial charge in [-0.15, -0.1) is 0 Å². The lowest BCUT2D eigenvalue weighted by Gasteiger charge is -2.13. The van der Waals surface area contributed by atoms with Crippen LogP contribution in [0.5, 0.6) is 0 Å². The topological polar surface area (TPSA) is 146 Å². The Morgan fingerprint density at radius 1 is 1.09 bits per heavy atom. The Labute approximate surface area is 176 Å². The van der Waals surface area contributed by atoms with Crippen LogP contribution in [0.2, 0.25) is 0 Å². The van der Waals surface area contributed by atoms with E-state index in [1.165, 1.54) is 0 Å². The van der Waals surface area contributed by atoms with Gasteiger partial charge in [0.2, 0.25) is 11.9 Å². The highest BCUT2D eigenvalue weighted by atomic mass is 19.4. The number of anilines is 3. The Kier molecular flexibility index (Phi) is 7.17. The zero-order valence-electron chi connectivity index (χ0n) is 16.3. The number of halogens is 5. The van der Waals surface area contributed by atoms with Gasteiger partial charge in [0.1, 0.15) is 11.5 Å². The molecule has 0 unspecified atom stereocenters. The highest BCUT2D eigenvalue weighted by Crippen LogP contribution is 2.24. The number of nitrogens with zero attached hydrogens (tertiary/aromatic N) is 2. The van der Waals surface area contributed by atoms with Gasteiger partial charge in [0.15, 0.2) is 0 Å². The van der Waals surface area contributed by atoms with Gasteiger partial charge in [0.25, 0.3) is 5.92 Å². The zero-order chi connectivity index (χ0) is 24.1. The number of benzene rings is 1. The molecule has 3 aromatic rings. The molecule has 2 heterocycles. The lowest BCUT2D eigenvalue weighted by atomic mass is 10.2. The lowest BCUT2D eigenvalue weighted by molar-refractivity contribution is -0.192. The maximum absolute atomic E-state index is 13.1. The summed E-state index contributed by atoms with van der Waals surface area (Å²) in [5.41, 5.74) is 6.71. The Hall–Kier alpha value is -3.97. The van der Waals surface area contributed by atoms with Gasteiger partial charge in [0, 0.05) is 24.4 Å². The third kappa shape index (κ3) is 7.07. The van der Waals surface area contributed by atoms with E-state index in [0.717, 1.165) is 6.92 Å². The highest BCUT2D eigenvalue weighted by molar-refractivity contribution is 5.93. The number of alkyl halides is 5. The summed E-state index contributed by atoms with van der Waals surface area (Å²) < 4.78 is 58.0. The smallest absolute Gasteiger partial charge is 0.475 e. The summed E-state index contributed by atoms with van der Waals surface area (Å²) in [5, 5.41) is 13.3. The second-order valence-corrected chi connectivity index (χ2v) is 6.43. The molecule has 0 aliphatic rings. The molecule has 3 rings (SSSR count). The highest BCUT2D eigenvalue weighted by Gasteiger charge is 2.38. The summed E-state index contributed by atoms with van der Waals surface area (Å²) in [6.45, 7) is 0.284. The van der Waals surface area contributed by atoms with Crippen molar-refractivity contribution in [1.82, 2.24) is 15.0 Å². The van der Waals surface area contributed by atoms with Crippen molar-refractivity contribution in [3.8, 4) is 0 Å². The molecule has 0 radical (unpaired) electrons. The predicted octanol–water partition coefficient (Wildman–Crippen LogP) is 3.50. The minimum absolute atomic E-state index is 0.226. The number of hydrogen-bond donors (Lipinski definition) is 5. The largest absolute Gasteiger partial charge is 0.490 e. The van der Waals surface area contributed by atoms with Crippen LogP contribution in [-0.2, 0) is 4.79 Å². The van der Waals surface area contributed by atoms with Crippen LogP contribution in [0.4, 0.5) is 39.4 Å². The molecule has 0 aliphatic heterocycles. The Morgan fingerprint density at radius 2 is 1.69 bits per heavy atom. The molecule has 9 nitrogen and oxygen atoms in total. The van der Waals surface area contributed by atoms with Crippen LogP contribution in [-0.4, -0.2) is 50.6 Å². The Balaban J connectivity index is 0.000000451. The second kappa shape index (κ2) is 9.45. The van der Waals surface area contributed by atoms with Crippen molar-refractivity contribution >= 4 is 40.4 Å². The lowest BCUT2D eigenvalue weighted by Crippen LogP contribution is -2.23. The maximum Gasteiger partial charge on any atom is 0.490 e. The van der Waals surface area contributed by atoms with Gasteiger partial charge in [0.05, 0.1) is 11.9 Å². The Morgan fingerprint density at radius 3 is 2.19 bits per heavy atom. The minimum atomic E-state index is -5.08. The van der Waals surface area contributed by atoms with Crippen LogP contribution < -0.4 is 16.4 Å². The first kappa shape index (κ1) is 24.3. The average Bonchev–Trinajstić information content (AvgIpc) is 3.14. The fourth-order valence-electron chi connectivity index (χ4n) is 2.22. The summed E-state index contributed by atoms with van der Waals surface area (Å²) in [4.78, 5) is 31.5. The number of carbonyl (C=O) groups excluding carboxylic acids is 1. The molecule has 0 aliphatic carbocycles. The van der Waals surface area contributed by atoms with Crippen molar-refractivity contribution in [2.24, 2.45) is 5.73 Å². The maximum atomic E-state index is 13.1. The number of aliphatic carboxylic acids is 1. The SMILES string of the molecule is CC(F)(F)CNc1nc(Nc2ccc(C(N)=O)cc2)nc2[nH]ccc12.O=C(O)C(F)(F)F. The number of aromatic nitrogens is 3. The number of fused-ring (bicyclic) bond motifs is 1. The second-order valence-electron chi connectivity index (χ2n) is 6.43. The van der Waals surface area contributed by atoms with Gasteiger partial charge >= 0.3 is 12.1 Å². The molecule has 0 spiro atoms. The van der Waals surface area contributed by atoms with E-state index in [4.69, 9.17) is 15.6 Å². The van der Waals surface area contributed by atoms with Crippen LogP contribution in [0.25, 0.3) is 11.0 Å². The van der Waals surface area contributed by atoms with Gasteiger partial charge in [-0.25, -0.2) is 13.6 Å². The molecule has 0 bridgehead atoms. The van der Waals surface area contributed by atoms with Crippen molar-refractivity contribution in [2.45, 2.75) is 19.0 Å². The van der Waals surface area contributed by atoms with E-state index in [1.54, 1.807) is 36.5 Å². The number of H-pyrrole nitrogens is 1. The van der Waals surface area contributed by atoms with Crippen molar-refractivity contribution < 1.29 is 36.6 Å². The molecular formula is C18H17F5N6O3. The molecule has 1 aromatic carbocycles. The first-order valence-electron chi connectivity index (χ1n) is 8.70. The number of carbonyl (C=O) groups is 2. The van der Waals surface area contributed by atoms with Gasteiger partial charge in [-0.05, 0) is 30.3 Å². The number of nitrogens with two attached hydrogens (primary N) is 1. The van der Waals surface area contributed by atoms with Crippen molar-refractivity contribution in [2.75, 3.05) is 17.2 Å². The van der Waals surface area contributed by atoms with Crippen LogP contribution in [0.1, 0.15) is 17.3 Å². The number of hydrogen-bond acceptors (Lipinski definition) is 6. The molecule has 32 heavy (non-hydrogen) atoms. The molecule has 0 atom stereocenters. The number of rotatable bonds is 6. The van der Waals surface area contributed by atoms with E-state index >= 15 is 0 Å². The van der Waals surface area contributed by atoms with Crippen LogP contribution in [0.15, 0.2) is 36.5 Å². The Bertz CT molecular complexity index is 1090. The average molecular weight is 460 g/mol. The zero-order valence-corrected chi connectivity index (χ0v) is 16.3. The molecule has 0 saturated heterocycles. The summed E-state index contributed by atoms with van der Waals surface area (Å²) >= 11 is 0. The number of nitrogens with one attached hydrogen (secondary N) is 3. The van der Waals surface area contributed by atoms with Gasteiger partial charge in [-0.3, -0.25) is 4.79 Å². The first-order valence-corrected chi connectivity index (χ1v) is 8.70. The van der Waals surface area contributed by atoms with E-state index in [1.807, 2.05) is 0 Å². The summed E-state index contributed by atoms with van der Waals surface area (Å²) in [5.74, 6) is -5.63. The number of primary amides is 1. The van der Waals surface area contributed by atoms with Crippen molar-refractivity contribution in [1.29, 1.82) is 0 Å². The minimum Gasteiger partial charge on any atom is -0.475 e. The molecule has 0 fully saturated rings. The predicted molar refractivity (Wildman–Crippen MR) is 105 cm³/mol. The van der Waals surface area contributed by atoms with Crippen molar-refractivity contribution in [3.05, 3.63) is 42.1 Å². The summed E-state index contributed by atoms with van der Waals surface area (Å²) in [6.07, 6.45) is -3.43. The molecule has 6 N–H and O–H groups in total. The monoisotopic (exact) mass is 460 g/mol. The van der Waals surface area contributed by atoms with E-state index in [9.17, 15) is 26.7 Å². The van der Waals surface area contributed by atoms with Crippen LogP contribution in [0.3, 0.4) is 0 Å². The molecule has 2 aromatic heterocycles. The van der Waals surface area contributed by atoms with Crippen molar-refractivity contribution in [3.63, 3.8) is 0 Å². The quantitative estimate of drug-likeness (QED) is 0.354. The number of carboxylic acid groups (broad SMARTS) is 1. The number of carboxylic acids is 1. The van der Waals surface area contributed by atoms with Gasteiger partial charge < -0.3 is 26.5 Å². The van der Waals surface area contributed by atoms with Crippen LogP contribution >= 0.6 is 0 Å². The summed E-state index contributed by atoms with van der Waals surface area (Å²) in [6, 6.07) is 8.13. The van der Waals surface area contributed by atoms with Gasteiger partial charge in [-0.1, -0.05) is 0 Å². The van der Waals surface area contributed by atoms with Gasteiger partial charge in [-0.2, -0.15) is 23.1 Å². The first-order chi connectivity index (χ1) is 14.8. The number of amides is 1. The van der Waals surface area contributed by atoms with E-state index in [0.29, 0.717) is 28.1 Å². The fourth-order valence-corrected chi connectivity index (χ4v) is 2.22. The van der Waals surface area contributed by atoms with E-state index < -0.39 is 30.5 Å². The third-order valence-electron chi connectivity index (χ3n) is 3.65. The molecule has 172 valence electrons. The van der Waals surface area contributed by atoms with E-state index in [-0.39, 0.29) is 5.95 Å². The molecule has 0 saturated carbocycles. The molecular weight excluding hydrogens is 443 g/mol. The standard InChI is InChI=1S/C16H16F2N6O.C2HF3O2/c1-16(17,18)8-21-14-11-6-7-20-13(11)23-15(24-14)22-10-4-2-9(3-5-10)12(19)25;3-2(4,5)1(6)7/h2-7H,8H2,1H3,(H2,19,25)(H3,20,21,22,23,24);(H,6,7). The molecule has 1 amide bonds. The summed E-state index contributed by atoms with van der Waals surface area (Å²) in [7, 11) is 0. The van der Waals surface area contributed by atoms with E-state index in [2.05, 4.69) is 25.6 Å². The van der Waals surface area contributed by atoms with Crippen LogP contribution in [0, 0.1) is 0 Å². The number of aromatic amines is 1. The normalized spacial score (nSPS) is 11.4.